The Balaban J connectivity index is 2.22. The maximum atomic E-state index is 11.7. The normalized spacial score (nSPS) is 24.7. The lowest BCUT2D eigenvalue weighted by Gasteiger charge is -2.14. The first-order chi connectivity index (χ1) is 7.01. The summed E-state index contributed by atoms with van der Waals surface area (Å²) in [5, 5.41) is 4.10. The summed E-state index contributed by atoms with van der Waals surface area (Å²) in [6.45, 7) is 7.34. The summed E-state index contributed by atoms with van der Waals surface area (Å²) >= 11 is 3.44. The molecular formula is C12H22BrNO. The molecule has 15 heavy (non-hydrogen) atoms. The molecule has 3 heteroatoms. The van der Waals surface area contributed by atoms with Crippen LogP contribution in [0.1, 0.15) is 40.0 Å². The fourth-order valence-corrected chi connectivity index (χ4v) is 2.54. The number of alkyl halides is 1. The van der Waals surface area contributed by atoms with Crippen LogP contribution in [0.3, 0.4) is 0 Å². The zero-order valence-electron chi connectivity index (χ0n) is 9.98. The van der Waals surface area contributed by atoms with Crippen LogP contribution in [-0.4, -0.2) is 17.8 Å². The van der Waals surface area contributed by atoms with Crippen molar-refractivity contribution in [3.63, 3.8) is 0 Å². The summed E-state index contributed by atoms with van der Waals surface area (Å²) in [7, 11) is 0. The minimum Gasteiger partial charge on any atom is -0.356 e. The Bertz CT molecular complexity index is 228. The minimum absolute atomic E-state index is 0.251. The molecule has 1 fully saturated rings. The lowest BCUT2D eigenvalue weighted by Crippen LogP contribution is -2.31. The standard InChI is InChI=1S/C12H22BrNO/c1-4-9(5-6-13)8-14-11(15)10-7-12(10,2)3/h9-10H,4-8H2,1-3H3,(H,14,15). The van der Waals surface area contributed by atoms with E-state index in [1.807, 2.05) is 0 Å². The van der Waals surface area contributed by atoms with Gasteiger partial charge in [0.25, 0.3) is 0 Å². The molecule has 2 unspecified atom stereocenters. The second kappa shape index (κ2) is 5.33. The topological polar surface area (TPSA) is 29.1 Å². The van der Waals surface area contributed by atoms with Gasteiger partial charge in [-0.15, -0.1) is 0 Å². The van der Waals surface area contributed by atoms with Crippen LogP contribution in [0.4, 0.5) is 0 Å². The Morgan fingerprint density at radius 2 is 2.20 bits per heavy atom. The molecule has 0 spiro atoms. The third-order valence-electron chi connectivity index (χ3n) is 3.49. The van der Waals surface area contributed by atoms with Crippen LogP contribution >= 0.6 is 15.9 Å². The van der Waals surface area contributed by atoms with Crippen molar-refractivity contribution < 1.29 is 4.79 Å². The molecule has 88 valence electrons. The van der Waals surface area contributed by atoms with Gasteiger partial charge < -0.3 is 5.32 Å². The summed E-state index contributed by atoms with van der Waals surface area (Å²) in [5.41, 5.74) is 0.251. The van der Waals surface area contributed by atoms with E-state index in [4.69, 9.17) is 0 Å². The van der Waals surface area contributed by atoms with Crippen molar-refractivity contribution in [1.29, 1.82) is 0 Å². The predicted molar refractivity (Wildman–Crippen MR) is 67.1 cm³/mol. The van der Waals surface area contributed by atoms with Crippen LogP contribution in [-0.2, 0) is 4.79 Å². The van der Waals surface area contributed by atoms with Crippen molar-refractivity contribution in [2.45, 2.75) is 40.0 Å². The molecule has 0 aromatic rings. The summed E-state index contributed by atoms with van der Waals surface area (Å²) < 4.78 is 0. The van der Waals surface area contributed by atoms with Gasteiger partial charge >= 0.3 is 0 Å². The van der Waals surface area contributed by atoms with Gasteiger partial charge in [0.1, 0.15) is 0 Å². The molecule has 0 aromatic carbocycles. The van der Waals surface area contributed by atoms with E-state index in [-0.39, 0.29) is 17.2 Å². The smallest absolute Gasteiger partial charge is 0.223 e. The van der Waals surface area contributed by atoms with Gasteiger partial charge in [0.2, 0.25) is 5.91 Å². The molecule has 2 atom stereocenters. The average Bonchev–Trinajstić information content (AvgIpc) is 2.82. The molecule has 0 aliphatic heterocycles. The van der Waals surface area contributed by atoms with Crippen molar-refractivity contribution in [1.82, 2.24) is 5.32 Å². The number of carbonyl (C=O) groups excluding carboxylic acids is 1. The van der Waals surface area contributed by atoms with Crippen molar-refractivity contribution in [3.05, 3.63) is 0 Å². The highest BCUT2D eigenvalue weighted by molar-refractivity contribution is 9.09. The Morgan fingerprint density at radius 1 is 1.60 bits per heavy atom. The maximum Gasteiger partial charge on any atom is 0.223 e. The maximum absolute atomic E-state index is 11.7. The first-order valence-corrected chi connectivity index (χ1v) is 6.97. The van der Waals surface area contributed by atoms with E-state index in [0.717, 1.165) is 31.1 Å². The second-order valence-electron chi connectivity index (χ2n) is 5.24. The predicted octanol–water partition coefficient (Wildman–Crippen LogP) is 2.96. The van der Waals surface area contributed by atoms with Crippen molar-refractivity contribution in [3.8, 4) is 0 Å². The first-order valence-electron chi connectivity index (χ1n) is 5.85. The first kappa shape index (κ1) is 13.0. The van der Waals surface area contributed by atoms with Gasteiger partial charge in [-0.2, -0.15) is 0 Å². The SMILES string of the molecule is CCC(CCBr)CNC(=O)C1CC1(C)C. The number of halogens is 1. The van der Waals surface area contributed by atoms with Crippen LogP contribution in [0.15, 0.2) is 0 Å². The van der Waals surface area contributed by atoms with Crippen LogP contribution in [0.2, 0.25) is 0 Å². The van der Waals surface area contributed by atoms with Gasteiger partial charge in [-0.05, 0) is 24.2 Å². The van der Waals surface area contributed by atoms with E-state index in [2.05, 4.69) is 42.0 Å². The van der Waals surface area contributed by atoms with E-state index in [1.54, 1.807) is 0 Å². The number of carbonyl (C=O) groups is 1. The molecule has 1 N–H and O–H groups in total. The fraction of sp³-hybridized carbons (Fsp3) is 0.917. The third-order valence-corrected chi connectivity index (χ3v) is 3.95. The van der Waals surface area contributed by atoms with Gasteiger partial charge in [0.05, 0.1) is 0 Å². The number of hydrogen-bond donors (Lipinski definition) is 1. The third kappa shape index (κ3) is 3.78. The van der Waals surface area contributed by atoms with Gasteiger partial charge in [-0.25, -0.2) is 0 Å². The number of rotatable bonds is 6. The highest BCUT2D eigenvalue weighted by Crippen LogP contribution is 2.51. The zero-order chi connectivity index (χ0) is 11.5. The Morgan fingerprint density at radius 3 is 2.60 bits per heavy atom. The Kier molecular flexibility index (Phi) is 4.63. The molecule has 0 heterocycles. The highest BCUT2D eigenvalue weighted by Gasteiger charge is 2.50. The summed E-state index contributed by atoms with van der Waals surface area (Å²) in [5.74, 6) is 1.14. The van der Waals surface area contributed by atoms with E-state index in [1.165, 1.54) is 0 Å². The number of nitrogens with one attached hydrogen (secondary N) is 1. The molecule has 0 bridgehead atoms. The van der Waals surface area contributed by atoms with Crippen molar-refractivity contribution in [2.75, 3.05) is 11.9 Å². The molecule has 1 amide bonds. The largest absolute Gasteiger partial charge is 0.356 e. The molecule has 1 saturated carbocycles. The summed E-state index contributed by atoms with van der Waals surface area (Å²) in [4.78, 5) is 11.7. The fourth-order valence-electron chi connectivity index (χ4n) is 1.89. The molecule has 2 nitrogen and oxygen atoms in total. The van der Waals surface area contributed by atoms with Crippen LogP contribution in [0.5, 0.6) is 0 Å². The number of amides is 1. The van der Waals surface area contributed by atoms with Gasteiger partial charge in [-0.3, -0.25) is 4.79 Å². The Hall–Kier alpha value is -0.0500. The molecule has 1 aliphatic carbocycles. The minimum atomic E-state index is 0.251. The van der Waals surface area contributed by atoms with Crippen LogP contribution in [0, 0.1) is 17.3 Å². The highest BCUT2D eigenvalue weighted by atomic mass is 79.9. The van der Waals surface area contributed by atoms with Crippen LogP contribution in [0.25, 0.3) is 0 Å². The average molecular weight is 276 g/mol. The summed E-state index contributed by atoms with van der Waals surface area (Å²) in [6, 6.07) is 0. The van der Waals surface area contributed by atoms with Crippen LogP contribution < -0.4 is 5.32 Å². The zero-order valence-corrected chi connectivity index (χ0v) is 11.6. The van der Waals surface area contributed by atoms with Gasteiger partial charge in [0, 0.05) is 17.8 Å². The Labute approximate surface area is 101 Å². The van der Waals surface area contributed by atoms with Crippen molar-refractivity contribution in [2.24, 2.45) is 17.3 Å². The second-order valence-corrected chi connectivity index (χ2v) is 6.04. The monoisotopic (exact) mass is 275 g/mol. The van der Waals surface area contributed by atoms with Gasteiger partial charge in [0.15, 0.2) is 0 Å². The van der Waals surface area contributed by atoms with E-state index >= 15 is 0 Å². The van der Waals surface area contributed by atoms with Gasteiger partial charge in [-0.1, -0.05) is 43.1 Å². The molecule has 0 aromatic heterocycles. The molecule has 1 rings (SSSR count). The van der Waals surface area contributed by atoms with E-state index in [9.17, 15) is 4.79 Å². The molecule has 1 aliphatic rings. The van der Waals surface area contributed by atoms with Crippen molar-refractivity contribution >= 4 is 21.8 Å². The molecular weight excluding hydrogens is 254 g/mol. The summed E-state index contributed by atoms with van der Waals surface area (Å²) in [6.07, 6.45) is 3.33. The molecule has 0 saturated heterocycles. The quantitative estimate of drug-likeness (QED) is 0.742. The molecule has 0 radical (unpaired) electrons. The van der Waals surface area contributed by atoms with E-state index in [0.29, 0.717) is 5.92 Å². The van der Waals surface area contributed by atoms with E-state index < -0.39 is 0 Å². The number of hydrogen-bond acceptors (Lipinski definition) is 1. The lowest BCUT2D eigenvalue weighted by atomic mass is 10.0. The lowest BCUT2D eigenvalue weighted by molar-refractivity contribution is -0.123.